The van der Waals surface area contributed by atoms with E-state index in [0.29, 0.717) is 0 Å². The molecule has 1 N–H and O–H groups in total. The van der Waals surface area contributed by atoms with E-state index in [4.69, 9.17) is 0 Å². The molecule has 0 amide bonds. The largest absolute Gasteiger partial charge is 0.392 e. The van der Waals surface area contributed by atoms with E-state index < -0.39 is 0 Å². The number of rotatable bonds is 5. The van der Waals surface area contributed by atoms with Crippen LogP contribution in [0.1, 0.15) is 26.2 Å². The number of aliphatic hydroxyl groups excluding tert-OH is 1. The summed E-state index contributed by atoms with van der Waals surface area (Å²) >= 11 is 0. The molecule has 0 saturated carbocycles. The third-order valence-corrected chi connectivity index (χ3v) is 3.93. The average Bonchev–Trinajstić information content (AvgIpc) is 2.53. The van der Waals surface area contributed by atoms with Crippen molar-refractivity contribution in [3.63, 3.8) is 0 Å². The fourth-order valence-corrected chi connectivity index (χ4v) is 2.92. The molecule has 0 aromatic rings. The van der Waals surface area contributed by atoms with E-state index in [1.807, 2.05) is 0 Å². The maximum atomic E-state index is 9.59. The van der Waals surface area contributed by atoms with E-state index in [1.54, 1.807) is 0 Å². The van der Waals surface area contributed by atoms with Crippen molar-refractivity contribution in [3.8, 4) is 0 Å². The third kappa shape index (κ3) is 3.46. The van der Waals surface area contributed by atoms with Gasteiger partial charge in [0.1, 0.15) is 0 Å². The highest BCUT2D eigenvalue weighted by Gasteiger charge is 2.07. The number of hydrogen-bond donors (Lipinski definition) is 2. The predicted octanol–water partition coefficient (Wildman–Crippen LogP) is 2.58. The molecule has 70 valence electrons. The molecule has 0 radical (unpaired) electrons. The molecule has 0 saturated heterocycles. The van der Waals surface area contributed by atoms with Crippen LogP contribution in [0.15, 0.2) is 23.0 Å². The zero-order chi connectivity index (χ0) is 8.81. The van der Waals surface area contributed by atoms with E-state index in [9.17, 15) is 5.11 Å². The molecule has 1 unspecified atom stereocenters. The van der Waals surface area contributed by atoms with Gasteiger partial charge in [-0.2, -0.15) is 0 Å². The average molecular weight is 186 g/mol. The van der Waals surface area contributed by atoms with Gasteiger partial charge in [0, 0.05) is 5.75 Å². The molecule has 1 atom stereocenters. The second-order valence-corrected chi connectivity index (χ2v) is 5.17. The summed E-state index contributed by atoms with van der Waals surface area (Å²) in [6.45, 7) is 2.16. The summed E-state index contributed by atoms with van der Waals surface area (Å²) in [5.41, 5.74) is 0. The van der Waals surface area contributed by atoms with Crippen molar-refractivity contribution in [2.45, 2.75) is 32.3 Å². The van der Waals surface area contributed by atoms with Crippen molar-refractivity contribution < 1.29 is 5.11 Å². The van der Waals surface area contributed by atoms with E-state index in [-0.39, 0.29) is 17.0 Å². The summed E-state index contributed by atoms with van der Waals surface area (Å²) in [5.74, 6) is 0.961. The molecular formula is C10H18OS. The molecule has 12 heavy (non-hydrogen) atoms. The number of allylic oxidation sites excluding steroid dienone is 2. The molecule has 1 rings (SSSR count). The fourth-order valence-electron chi connectivity index (χ4n) is 1.27. The Morgan fingerprint density at radius 3 is 2.58 bits per heavy atom. The topological polar surface area (TPSA) is 20.2 Å². The summed E-state index contributed by atoms with van der Waals surface area (Å²) in [4.78, 5) is 0. The lowest BCUT2D eigenvalue weighted by Gasteiger charge is -2.15. The normalized spacial score (nSPS) is 20.3. The lowest BCUT2D eigenvalue weighted by molar-refractivity contribution is 0.186. The minimum absolute atomic E-state index is 0.0801. The maximum Gasteiger partial charge on any atom is 0.0619 e. The van der Waals surface area contributed by atoms with Crippen molar-refractivity contribution in [2.75, 3.05) is 5.75 Å². The van der Waals surface area contributed by atoms with Gasteiger partial charge in [-0.3, -0.25) is 0 Å². The Hall–Kier alpha value is -0.210. The molecule has 1 aliphatic rings. The van der Waals surface area contributed by atoms with Gasteiger partial charge < -0.3 is 5.11 Å². The van der Waals surface area contributed by atoms with Gasteiger partial charge in [-0.1, -0.05) is 31.9 Å². The second-order valence-electron chi connectivity index (χ2n) is 3.18. The molecular weight excluding hydrogens is 168 g/mol. The van der Waals surface area contributed by atoms with E-state index in [1.165, 1.54) is 6.42 Å². The minimum atomic E-state index is -0.112. The third-order valence-electron chi connectivity index (χ3n) is 1.98. The van der Waals surface area contributed by atoms with Crippen LogP contribution in [0.4, 0.5) is 0 Å². The predicted molar refractivity (Wildman–Crippen MR) is 57.7 cm³/mol. The van der Waals surface area contributed by atoms with Crippen molar-refractivity contribution >= 4 is 10.9 Å². The summed E-state index contributed by atoms with van der Waals surface area (Å²) < 4.78 is 0. The molecule has 0 aromatic heterocycles. The van der Waals surface area contributed by atoms with Crippen molar-refractivity contribution in [3.05, 3.63) is 23.0 Å². The summed E-state index contributed by atoms with van der Waals surface area (Å²) in [6.07, 6.45) is 7.38. The van der Waals surface area contributed by atoms with Gasteiger partial charge in [0.25, 0.3) is 0 Å². The monoisotopic (exact) mass is 186 g/mol. The first kappa shape index (κ1) is 9.87. The highest BCUT2D eigenvalue weighted by atomic mass is 32.2. The van der Waals surface area contributed by atoms with E-state index in [0.717, 1.165) is 18.6 Å². The Morgan fingerprint density at radius 2 is 2.00 bits per heavy atom. The van der Waals surface area contributed by atoms with E-state index >= 15 is 0 Å². The Morgan fingerprint density at radius 1 is 1.33 bits per heavy atom. The van der Waals surface area contributed by atoms with Crippen LogP contribution in [-0.4, -0.2) is 17.0 Å². The molecule has 0 aliphatic carbocycles. The van der Waals surface area contributed by atoms with Gasteiger partial charge in [-0.05, 0) is 17.2 Å². The Kier molecular flexibility index (Phi) is 4.48. The van der Waals surface area contributed by atoms with Crippen molar-refractivity contribution in [1.29, 1.82) is 0 Å². The van der Waals surface area contributed by atoms with Crippen LogP contribution in [0.2, 0.25) is 0 Å². The van der Waals surface area contributed by atoms with Crippen LogP contribution in [0.5, 0.6) is 0 Å². The molecule has 0 aromatic carbocycles. The second kappa shape index (κ2) is 5.44. The van der Waals surface area contributed by atoms with Crippen molar-refractivity contribution in [2.24, 2.45) is 0 Å². The SMILES string of the molecule is CCCCC(O)C[SH]1C=CC=C1. The molecule has 0 fully saturated rings. The van der Waals surface area contributed by atoms with Crippen LogP contribution in [0, 0.1) is 0 Å². The van der Waals surface area contributed by atoms with Gasteiger partial charge in [0.15, 0.2) is 0 Å². The van der Waals surface area contributed by atoms with Gasteiger partial charge in [-0.25, -0.2) is 10.9 Å². The van der Waals surface area contributed by atoms with Gasteiger partial charge in [0.2, 0.25) is 0 Å². The van der Waals surface area contributed by atoms with Crippen LogP contribution in [0.25, 0.3) is 0 Å². The summed E-state index contributed by atoms with van der Waals surface area (Å²) in [6, 6.07) is 0. The molecule has 0 spiro atoms. The highest BCUT2D eigenvalue weighted by Crippen LogP contribution is 2.33. The number of aliphatic hydroxyl groups is 1. The van der Waals surface area contributed by atoms with Crippen molar-refractivity contribution in [1.82, 2.24) is 0 Å². The van der Waals surface area contributed by atoms with Gasteiger partial charge in [-0.15, -0.1) is 0 Å². The van der Waals surface area contributed by atoms with Crippen LogP contribution in [0.3, 0.4) is 0 Å². The summed E-state index contributed by atoms with van der Waals surface area (Å²) in [7, 11) is -0.112. The lowest BCUT2D eigenvalue weighted by atomic mass is 10.2. The molecule has 1 nitrogen and oxygen atoms in total. The van der Waals surface area contributed by atoms with E-state index in [2.05, 4.69) is 29.9 Å². The standard InChI is InChI=1S/C10H18OS/c1-2-3-6-10(11)9-12-7-4-5-8-12/h4-5,7-8,10-12H,2-3,6,9H2,1H3. The molecule has 0 bridgehead atoms. The Balaban J connectivity index is 2.12. The molecule has 2 heteroatoms. The fraction of sp³-hybridized carbons (Fsp3) is 0.600. The zero-order valence-corrected chi connectivity index (χ0v) is 8.50. The van der Waals surface area contributed by atoms with Gasteiger partial charge in [0.05, 0.1) is 6.10 Å². The van der Waals surface area contributed by atoms with Crippen LogP contribution >= 0.6 is 10.9 Å². The zero-order valence-electron chi connectivity index (χ0n) is 7.61. The Labute approximate surface area is 77.5 Å². The highest BCUT2D eigenvalue weighted by molar-refractivity contribution is 8.22. The van der Waals surface area contributed by atoms with Crippen LogP contribution in [-0.2, 0) is 0 Å². The Bertz CT molecular complexity index is 163. The number of hydrogen-bond acceptors (Lipinski definition) is 1. The minimum Gasteiger partial charge on any atom is -0.392 e. The first-order valence-corrected chi connectivity index (χ1v) is 6.28. The summed E-state index contributed by atoms with van der Waals surface area (Å²) in [5, 5.41) is 14.0. The first-order chi connectivity index (χ1) is 5.83. The maximum absolute atomic E-state index is 9.59. The quantitative estimate of drug-likeness (QED) is 0.632. The number of unbranched alkanes of at least 4 members (excludes halogenated alkanes) is 1. The number of thiol groups is 1. The first-order valence-electron chi connectivity index (χ1n) is 4.61. The van der Waals surface area contributed by atoms with Gasteiger partial charge >= 0.3 is 0 Å². The molecule has 1 heterocycles. The molecule has 1 aliphatic heterocycles. The van der Waals surface area contributed by atoms with Crippen LogP contribution < -0.4 is 0 Å². The lowest BCUT2D eigenvalue weighted by Crippen LogP contribution is -2.10. The smallest absolute Gasteiger partial charge is 0.0619 e.